The second-order valence-corrected chi connectivity index (χ2v) is 3.86. The van der Waals surface area contributed by atoms with Crippen molar-refractivity contribution >= 4 is 27.6 Å². The monoisotopic (exact) mass is 219 g/mol. The Morgan fingerprint density at radius 2 is 2.18 bits per heavy atom. The van der Waals surface area contributed by atoms with Crippen LogP contribution in [0.15, 0.2) is 0 Å². The van der Waals surface area contributed by atoms with Gasteiger partial charge in [0, 0.05) is 0 Å². The third-order valence-corrected chi connectivity index (χ3v) is 2.86. The first kappa shape index (κ1) is 8.71. The molecule has 0 heterocycles. The molecule has 0 saturated heterocycles. The van der Waals surface area contributed by atoms with Crippen LogP contribution < -0.4 is 5.73 Å². The van der Waals surface area contributed by atoms with Gasteiger partial charge in [-0.15, -0.1) is 0 Å². The summed E-state index contributed by atoms with van der Waals surface area (Å²) in [5, 5.41) is 0. The van der Waals surface area contributed by atoms with Crippen LogP contribution in [0.3, 0.4) is 0 Å². The van der Waals surface area contributed by atoms with Crippen molar-refractivity contribution in [3.8, 4) is 0 Å². The maximum atomic E-state index is 11.2. The van der Waals surface area contributed by atoms with Crippen LogP contribution in [0, 0.1) is 5.92 Å². The van der Waals surface area contributed by atoms with Gasteiger partial charge in [0.05, 0.1) is 10.7 Å². The highest BCUT2D eigenvalue weighted by atomic mass is 79.9. The van der Waals surface area contributed by atoms with E-state index in [9.17, 15) is 9.59 Å². The molecule has 3 nitrogen and oxygen atoms in total. The van der Waals surface area contributed by atoms with Gasteiger partial charge in [0.15, 0.2) is 5.78 Å². The number of hydrogen-bond acceptors (Lipinski definition) is 2. The van der Waals surface area contributed by atoms with E-state index in [1.165, 1.54) is 0 Å². The van der Waals surface area contributed by atoms with Gasteiger partial charge in [-0.05, 0) is 12.8 Å². The zero-order valence-electron chi connectivity index (χ0n) is 6.05. The van der Waals surface area contributed by atoms with Crippen LogP contribution in [0.1, 0.15) is 19.3 Å². The minimum Gasteiger partial charge on any atom is -0.369 e. The van der Waals surface area contributed by atoms with E-state index in [1.807, 2.05) is 0 Å². The van der Waals surface area contributed by atoms with E-state index >= 15 is 0 Å². The Kier molecular flexibility index (Phi) is 2.65. The maximum Gasteiger partial charge on any atom is 0.228 e. The topological polar surface area (TPSA) is 60.2 Å². The van der Waals surface area contributed by atoms with Gasteiger partial charge in [-0.1, -0.05) is 22.4 Å². The highest BCUT2D eigenvalue weighted by Gasteiger charge is 2.32. The summed E-state index contributed by atoms with van der Waals surface area (Å²) in [5.74, 6) is -1.09. The van der Waals surface area contributed by atoms with Gasteiger partial charge >= 0.3 is 0 Å². The van der Waals surface area contributed by atoms with E-state index in [2.05, 4.69) is 15.9 Å². The molecule has 0 aromatic heterocycles. The molecular formula is C7H10BrNO2. The lowest BCUT2D eigenvalue weighted by Crippen LogP contribution is -2.37. The van der Waals surface area contributed by atoms with Crippen molar-refractivity contribution in [1.82, 2.24) is 0 Å². The van der Waals surface area contributed by atoms with Crippen LogP contribution in [-0.2, 0) is 9.59 Å². The fraction of sp³-hybridized carbons (Fsp3) is 0.714. The van der Waals surface area contributed by atoms with E-state index in [0.717, 1.165) is 12.8 Å². The molecule has 1 amide bonds. The van der Waals surface area contributed by atoms with Crippen LogP contribution in [0.4, 0.5) is 0 Å². The van der Waals surface area contributed by atoms with Crippen molar-refractivity contribution in [1.29, 1.82) is 0 Å². The predicted molar refractivity (Wildman–Crippen MR) is 44.3 cm³/mol. The molecule has 0 spiro atoms. The number of Topliss-reactive ketones (excluding diaryl/α,β-unsaturated/α-hetero) is 1. The Bertz CT molecular complexity index is 193. The molecule has 2 atom stereocenters. The van der Waals surface area contributed by atoms with E-state index in [-0.39, 0.29) is 10.6 Å². The molecule has 0 bridgehead atoms. The summed E-state index contributed by atoms with van der Waals surface area (Å²) in [4.78, 5) is 21.8. The SMILES string of the molecule is NC(=O)C1CCCC(Br)C1=O. The quantitative estimate of drug-likeness (QED) is 0.519. The molecular weight excluding hydrogens is 210 g/mol. The van der Waals surface area contributed by atoms with Crippen LogP contribution in [0.5, 0.6) is 0 Å². The third kappa shape index (κ3) is 1.80. The first-order chi connectivity index (χ1) is 5.13. The van der Waals surface area contributed by atoms with Gasteiger partial charge in [-0.3, -0.25) is 9.59 Å². The molecule has 0 aliphatic heterocycles. The molecule has 0 aromatic carbocycles. The summed E-state index contributed by atoms with van der Waals surface area (Å²) in [5.41, 5.74) is 5.04. The Labute approximate surface area is 73.5 Å². The second kappa shape index (κ2) is 3.34. The summed E-state index contributed by atoms with van der Waals surface area (Å²) >= 11 is 3.21. The van der Waals surface area contributed by atoms with E-state index in [0.29, 0.717) is 6.42 Å². The normalized spacial score (nSPS) is 31.9. The first-order valence-electron chi connectivity index (χ1n) is 3.60. The maximum absolute atomic E-state index is 11.2. The fourth-order valence-electron chi connectivity index (χ4n) is 1.29. The van der Waals surface area contributed by atoms with Gasteiger partial charge < -0.3 is 5.73 Å². The van der Waals surface area contributed by atoms with E-state index in [1.54, 1.807) is 0 Å². The van der Waals surface area contributed by atoms with Crippen LogP contribution in [0.25, 0.3) is 0 Å². The minimum atomic E-state index is -0.548. The van der Waals surface area contributed by atoms with Crippen molar-refractivity contribution in [2.24, 2.45) is 11.7 Å². The molecule has 1 saturated carbocycles. The van der Waals surface area contributed by atoms with Crippen molar-refractivity contribution in [3.05, 3.63) is 0 Å². The number of nitrogens with two attached hydrogens (primary N) is 1. The second-order valence-electron chi connectivity index (χ2n) is 2.76. The fourth-order valence-corrected chi connectivity index (χ4v) is 1.93. The van der Waals surface area contributed by atoms with Gasteiger partial charge in [-0.25, -0.2) is 0 Å². The Morgan fingerprint density at radius 1 is 1.55 bits per heavy atom. The van der Waals surface area contributed by atoms with Gasteiger partial charge in [0.2, 0.25) is 5.91 Å². The Hall–Kier alpha value is -0.380. The molecule has 2 N–H and O–H groups in total. The largest absolute Gasteiger partial charge is 0.369 e. The molecule has 1 rings (SSSR count). The molecule has 0 radical (unpaired) electrons. The number of halogens is 1. The molecule has 62 valence electrons. The molecule has 4 heteroatoms. The van der Waals surface area contributed by atoms with Crippen molar-refractivity contribution in [3.63, 3.8) is 0 Å². The average molecular weight is 220 g/mol. The average Bonchev–Trinajstić information content (AvgIpc) is 1.94. The standard InChI is InChI=1S/C7H10BrNO2/c8-5-3-1-2-4(6(5)10)7(9)11/h4-5H,1-3H2,(H2,9,11). The van der Waals surface area contributed by atoms with E-state index < -0.39 is 11.8 Å². The first-order valence-corrected chi connectivity index (χ1v) is 4.51. The lowest BCUT2D eigenvalue weighted by molar-refractivity contribution is -0.133. The third-order valence-electron chi connectivity index (χ3n) is 1.95. The molecule has 1 aliphatic carbocycles. The number of carbonyl (C=O) groups excluding carboxylic acids is 2. The summed E-state index contributed by atoms with van der Waals surface area (Å²) in [6.45, 7) is 0. The summed E-state index contributed by atoms with van der Waals surface area (Å²) < 4.78 is 0. The number of rotatable bonds is 1. The number of carbonyl (C=O) groups is 2. The molecule has 1 fully saturated rings. The van der Waals surface area contributed by atoms with Gasteiger partial charge in [-0.2, -0.15) is 0 Å². The van der Waals surface area contributed by atoms with Crippen LogP contribution in [0.2, 0.25) is 0 Å². The van der Waals surface area contributed by atoms with Gasteiger partial charge in [0.25, 0.3) is 0 Å². The Balaban J connectivity index is 2.66. The van der Waals surface area contributed by atoms with Crippen molar-refractivity contribution in [2.45, 2.75) is 24.1 Å². The van der Waals surface area contributed by atoms with Gasteiger partial charge in [0.1, 0.15) is 0 Å². The van der Waals surface area contributed by atoms with E-state index in [4.69, 9.17) is 5.73 Å². The number of alkyl halides is 1. The summed E-state index contributed by atoms with van der Waals surface area (Å²) in [6.07, 6.45) is 2.34. The minimum absolute atomic E-state index is 0.0521. The number of primary amides is 1. The molecule has 2 unspecified atom stereocenters. The Morgan fingerprint density at radius 3 is 2.64 bits per heavy atom. The zero-order valence-corrected chi connectivity index (χ0v) is 7.63. The lowest BCUT2D eigenvalue weighted by Gasteiger charge is -2.21. The highest BCUT2D eigenvalue weighted by molar-refractivity contribution is 9.10. The van der Waals surface area contributed by atoms with Crippen molar-refractivity contribution < 1.29 is 9.59 Å². The molecule has 11 heavy (non-hydrogen) atoms. The highest BCUT2D eigenvalue weighted by Crippen LogP contribution is 2.25. The number of ketones is 1. The summed E-state index contributed by atoms with van der Waals surface area (Å²) in [7, 11) is 0. The van der Waals surface area contributed by atoms with Crippen LogP contribution >= 0.6 is 15.9 Å². The van der Waals surface area contributed by atoms with Crippen LogP contribution in [-0.4, -0.2) is 16.5 Å². The smallest absolute Gasteiger partial charge is 0.228 e. The van der Waals surface area contributed by atoms with Crippen molar-refractivity contribution in [2.75, 3.05) is 0 Å². The number of hydrogen-bond donors (Lipinski definition) is 1. The zero-order chi connectivity index (χ0) is 8.43. The lowest BCUT2D eigenvalue weighted by atomic mass is 9.87. The molecule has 0 aromatic rings. The summed E-state index contributed by atoms with van der Waals surface area (Å²) in [6, 6.07) is 0. The predicted octanol–water partition coefficient (Wildman–Crippen LogP) is 0.604. The molecule has 1 aliphatic rings. The number of amides is 1.